The molecule has 0 aliphatic carbocycles. The number of hydrogen-bond donors (Lipinski definition) is 1. The van der Waals surface area contributed by atoms with Gasteiger partial charge >= 0.3 is 6.03 Å². The van der Waals surface area contributed by atoms with Crippen molar-refractivity contribution in [3.05, 3.63) is 42.5 Å². The Morgan fingerprint density at radius 2 is 2.25 bits per heavy atom. The van der Waals surface area contributed by atoms with E-state index in [-0.39, 0.29) is 6.03 Å². The highest BCUT2D eigenvalue weighted by atomic mass is 16.2. The number of aryl methyl sites for hydroxylation is 1. The molecular weight excluding hydrogens is 254 g/mol. The lowest BCUT2D eigenvalue weighted by molar-refractivity contribution is 0.246. The van der Waals surface area contributed by atoms with Crippen LogP contribution in [0.4, 0.5) is 10.5 Å². The normalized spacial score (nSPS) is 13.3. The first-order chi connectivity index (χ1) is 9.84. The molecule has 0 unspecified atom stereocenters. The van der Waals surface area contributed by atoms with Crippen LogP contribution >= 0.6 is 0 Å². The number of rotatable bonds is 4. The van der Waals surface area contributed by atoms with Crippen molar-refractivity contribution in [3.8, 4) is 0 Å². The smallest absolute Gasteiger partial charge is 0.321 e. The van der Waals surface area contributed by atoms with E-state index in [2.05, 4.69) is 21.5 Å². The maximum Gasteiger partial charge on any atom is 0.321 e. The lowest BCUT2D eigenvalue weighted by Gasteiger charge is -2.18. The van der Waals surface area contributed by atoms with Gasteiger partial charge in [0, 0.05) is 25.3 Å². The number of para-hydroxylation sites is 1. The van der Waals surface area contributed by atoms with Crippen molar-refractivity contribution in [2.75, 3.05) is 18.0 Å². The minimum Gasteiger partial charge on any atom is -0.338 e. The van der Waals surface area contributed by atoms with Crippen LogP contribution in [0, 0.1) is 0 Å². The molecule has 0 saturated heterocycles. The van der Waals surface area contributed by atoms with E-state index in [4.69, 9.17) is 0 Å². The van der Waals surface area contributed by atoms with Crippen molar-refractivity contribution >= 4 is 11.7 Å². The number of aromatic nitrogens is 3. The summed E-state index contributed by atoms with van der Waals surface area (Å²) in [6.07, 6.45) is 4.96. The van der Waals surface area contributed by atoms with Crippen molar-refractivity contribution in [2.45, 2.75) is 19.4 Å². The SMILES string of the molecule is O=C(NCCCn1cncn1)N1CCc2ccccc21. The molecule has 3 rings (SSSR count). The Kier molecular flexibility index (Phi) is 3.62. The first-order valence-electron chi connectivity index (χ1n) is 6.80. The van der Waals surface area contributed by atoms with Gasteiger partial charge in [-0.2, -0.15) is 5.10 Å². The van der Waals surface area contributed by atoms with E-state index in [9.17, 15) is 4.79 Å². The summed E-state index contributed by atoms with van der Waals surface area (Å²) < 4.78 is 1.76. The summed E-state index contributed by atoms with van der Waals surface area (Å²) in [6, 6.07) is 8.03. The van der Waals surface area contributed by atoms with Crippen LogP contribution in [-0.4, -0.2) is 33.9 Å². The topological polar surface area (TPSA) is 63.1 Å². The summed E-state index contributed by atoms with van der Waals surface area (Å²) in [4.78, 5) is 17.8. The highest BCUT2D eigenvalue weighted by Crippen LogP contribution is 2.27. The molecule has 0 saturated carbocycles. The van der Waals surface area contributed by atoms with Gasteiger partial charge in [-0.25, -0.2) is 9.78 Å². The van der Waals surface area contributed by atoms with Gasteiger partial charge < -0.3 is 5.32 Å². The van der Waals surface area contributed by atoms with E-state index >= 15 is 0 Å². The van der Waals surface area contributed by atoms with E-state index < -0.39 is 0 Å². The van der Waals surface area contributed by atoms with E-state index in [0.717, 1.165) is 31.6 Å². The van der Waals surface area contributed by atoms with E-state index in [1.807, 2.05) is 23.1 Å². The number of hydrogen-bond acceptors (Lipinski definition) is 3. The fraction of sp³-hybridized carbons (Fsp3) is 0.357. The largest absolute Gasteiger partial charge is 0.338 e. The van der Waals surface area contributed by atoms with Crippen LogP contribution in [0.25, 0.3) is 0 Å². The van der Waals surface area contributed by atoms with Gasteiger partial charge in [0.15, 0.2) is 0 Å². The Hall–Kier alpha value is -2.37. The molecule has 1 aromatic carbocycles. The molecule has 2 amide bonds. The molecule has 1 aliphatic heterocycles. The van der Waals surface area contributed by atoms with Gasteiger partial charge in [-0.15, -0.1) is 0 Å². The van der Waals surface area contributed by atoms with Crippen LogP contribution in [-0.2, 0) is 13.0 Å². The summed E-state index contributed by atoms with van der Waals surface area (Å²) in [5.74, 6) is 0. The highest BCUT2D eigenvalue weighted by molar-refractivity contribution is 5.94. The number of nitrogens with one attached hydrogen (secondary N) is 1. The fourth-order valence-corrected chi connectivity index (χ4v) is 2.43. The molecule has 1 N–H and O–H groups in total. The third-order valence-electron chi connectivity index (χ3n) is 3.44. The van der Waals surface area contributed by atoms with Crippen molar-refractivity contribution < 1.29 is 4.79 Å². The summed E-state index contributed by atoms with van der Waals surface area (Å²) in [6.45, 7) is 2.16. The first-order valence-corrected chi connectivity index (χ1v) is 6.80. The zero-order valence-electron chi connectivity index (χ0n) is 11.2. The molecule has 6 nitrogen and oxygen atoms in total. The Bertz CT molecular complexity index is 581. The molecule has 0 spiro atoms. The van der Waals surface area contributed by atoms with Gasteiger partial charge in [-0.05, 0) is 24.5 Å². The summed E-state index contributed by atoms with van der Waals surface area (Å²) in [5.41, 5.74) is 2.27. The van der Waals surface area contributed by atoms with Crippen molar-refractivity contribution in [2.24, 2.45) is 0 Å². The predicted octanol–water partition coefficient (Wildman–Crippen LogP) is 1.44. The van der Waals surface area contributed by atoms with Crippen LogP contribution < -0.4 is 10.2 Å². The quantitative estimate of drug-likeness (QED) is 0.856. The van der Waals surface area contributed by atoms with E-state index in [1.165, 1.54) is 11.9 Å². The molecule has 0 radical (unpaired) electrons. The number of urea groups is 1. The monoisotopic (exact) mass is 271 g/mol. The molecular formula is C14H17N5O. The van der Waals surface area contributed by atoms with Crippen LogP contribution in [0.15, 0.2) is 36.9 Å². The average molecular weight is 271 g/mol. The number of anilines is 1. The van der Waals surface area contributed by atoms with E-state index in [1.54, 1.807) is 11.0 Å². The van der Waals surface area contributed by atoms with Crippen molar-refractivity contribution in [1.82, 2.24) is 20.1 Å². The summed E-state index contributed by atoms with van der Waals surface area (Å²) in [5, 5.41) is 6.98. The molecule has 6 heteroatoms. The molecule has 20 heavy (non-hydrogen) atoms. The molecule has 0 atom stereocenters. The second-order valence-electron chi connectivity index (χ2n) is 4.77. The third kappa shape index (κ3) is 2.64. The highest BCUT2D eigenvalue weighted by Gasteiger charge is 2.23. The zero-order chi connectivity index (χ0) is 13.8. The first kappa shape index (κ1) is 12.7. The zero-order valence-corrected chi connectivity index (χ0v) is 11.2. The maximum atomic E-state index is 12.1. The standard InChI is InChI=1S/C14H17N5O/c20-14(16-7-3-8-18-11-15-10-17-18)19-9-6-12-4-1-2-5-13(12)19/h1-2,4-5,10-11H,3,6-9H2,(H,16,20). The van der Waals surface area contributed by atoms with Gasteiger partial charge in [0.1, 0.15) is 12.7 Å². The summed E-state index contributed by atoms with van der Waals surface area (Å²) >= 11 is 0. The second-order valence-corrected chi connectivity index (χ2v) is 4.77. The number of nitrogens with zero attached hydrogens (tertiary/aromatic N) is 4. The molecule has 1 aliphatic rings. The maximum absolute atomic E-state index is 12.1. The van der Waals surface area contributed by atoms with Crippen LogP contribution in [0.1, 0.15) is 12.0 Å². The Labute approximate surface area is 117 Å². The molecule has 1 aromatic heterocycles. The molecule has 0 bridgehead atoms. The molecule has 0 fully saturated rings. The third-order valence-corrected chi connectivity index (χ3v) is 3.44. The van der Waals surface area contributed by atoms with Gasteiger partial charge in [0.05, 0.1) is 0 Å². The summed E-state index contributed by atoms with van der Waals surface area (Å²) in [7, 11) is 0. The van der Waals surface area contributed by atoms with Crippen molar-refractivity contribution in [3.63, 3.8) is 0 Å². The number of carbonyl (C=O) groups excluding carboxylic acids is 1. The Morgan fingerprint density at radius 1 is 1.35 bits per heavy atom. The fourth-order valence-electron chi connectivity index (χ4n) is 2.43. The van der Waals surface area contributed by atoms with E-state index in [0.29, 0.717) is 6.54 Å². The van der Waals surface area contributed by atoms with Gasteiger partial charge in [0.25, 0.3) is 0 Å². The molecule has 104 valence electrons. The van der Waals surface area contributed by atoms with Gasteiger partial charge in [-0.1, -0.05) is 18.2 Å². The predicted molar refractivity (Wildman–Crippen MR) is 75.5 cm³/mol. The number of benzene rings is 1. The van der Waals surface area contributed by atoms with Crippen molar-refractivity contribution in [1.29, 1.82) is 0 Å². The Morgan fingerprint density at radius 3 is 3.10 bits per heavy atom. The van der Waals surface area contributed by atoms with Crippen LogP contribution in [0.3, 0.4) is 0 Å². The number of carbonyl (C=O) groups is 1. The minimum atomic E-state index is -0.0199. The Balaban J connectivity index is 1.48. The number of fused-ring (bicyclic) bond motifs is 1. The molecule has 2 heterocycles. The number of amides is 2. The van der Waals surface area contributed by atoms with Gasteiger partial charge in [0.2, 0.25) is 0 Å². The molecule has 2 aromatic rings. The average Bonchev–Trinajstić information content (AvgIpc) is 3.12. The van der Waals surface area contributed by atoms with Crippen LogP contribution in [0.2, 0.25) is 0 Å². The van der Waals surface area contributed by atoms with Gasteiger partial charge in [-0.3, -0.25) is 9.58 Å². The second kappa shape index (κ2) is 5.73. The lowest BCUT2D eigenvalue weighted by atomic mass is 10.2. The minimum absolute atomic E-state index is 0.0199. The van der Waals surface area contributed by atoms with Crippen LogP contribution in [0.5, 0.6) is 0 Å². The lowest BCUT2D eigenvalue weighted by Crippen LogP contribution is -2.39.